The van der Waals surface area contributed by atoms with E-state index in [-0.39, 0.29) is 11.8 Å². The molecule has 0 spiro atoms. The summed E-state index contributed by atoms with van der Waals surface area (Å²) in [6.07, 6.45) is 0. The number of halogens is 1. The van der Waals surface area contributed by atoms with Crippen LogP contribution in [0.1, 0.15) is 17.3 Å². The highest BCUT2D eigenvalue weighted by atomic mass is 79.9. The van der Waals surface area contributed by atoms with Gasteiger partial charge in [-0.25, -0.2) is 0 Å². The lowest BCUT2D eigenvalue weighted by molar-refractivity contribution is -0.124. The van der Waals surface area contributed by atoms with E-state index in [1.807, 2.05) is 12.1 Å². The fourth-order valence-electron chi connectivity index (χ4n) is 3.18. The minimum Gasteiger partial charge on any atom is -0.497 e. The van der Waals surface area contributed by atoms with Gasteiger partial charge in [-0.15, -0.1) is 0 Å². The van der Waals surface area contributed by atoms with E-state index in [0.717, 1.165) is 4.47 Å². The van der Waals surface area contributed by atoms with E-state index in [0.29, 0.717) is 35.8 Å². The number of nitrogens with zero attached hydrogens (tertiary/aromatic N) is 2. The van der Waals surface area contributed by atoms with Crippen molar-refractivity contribution in [2.24, 2.45) is 0 Å². The first-order valence-corrected chi connectivity index (χ1v) is 9.35. The van der Waals surface area contributed by atoms with Crippen molar-refractivity contribution in [1.29, 1.82) is 0 Å². The molecule has 1 fully saturated rings. The molecule has 7 heteroatoms. The third-order valence-corrected chi connectivity index (χ3v) is 5.16. The lowest BCUT2D eigenvalue weighted by atomic mass is 10.1. The molecule has 2 amide bonds. The van der Waals surface area contributed by atoms with Crippen molar-refractivity contribution in [1.82, 2.24) is 4.90 Å². The van der Waals surface area contributed by atoms with E-state index in [1.54, 1.807) is 61.3 Å². The molecule has 0 aliphatic carbocycles. The molecule has 27 heavy (non-hydrogen) atoms. The first-order valence-electron chi connectivity index (χ1n) is 8.56. The van der Waals surface area contributed by atoms with E-state index in [9.17, 15) is 9.59 Å². The summed E-state index contributed by atoms with van der Waals surface area (Å²) in [5, 5.41) is 0. The number of ether oxygens (including phenoxy) is 2. The normalized spacial score (nSPS) is 17.0. The number of anilines is 1. The maximum Gasteiger partial charge on any atom is 0.254 e. The number of rotatable bonds is 4. The second-order valence-electron chi connectivity index (χ2n) is 6.21. The molecule has 2 aromatic carbocycles. The summed E-state index contributed by atoms with van der Waals surface area (Å²) in [6.45, 7) is 2.58. The molecule has 0 radical (unpaired) electrons. The Hall–Kier alpha value is -2.54. The van der Waals surface area contributed by atoms with Gasteiger partial charge in [-0.1, -0.05) is 22.0 Å². The Labute approximate surface area is 166 Å². The predicted molar refractivity (Wildman–Crippen MR) is 107 cm³/mol. The van der Waals surface area contributed by atoms with E-state index in [4.69, 9.17) is 9.47 Å². The second kappa shape index (κ2) is 8.00. The van der Waals surface area contributed by atoms with Gasteiger partial charge in [0.15, 0.2) is 0 Å². The first-order chi connectivity index (χ1) is 13.0. The van der Waals surface area contributed by atoms with Crippen molar-refractivity contribution < 1.29 is 19.1 Å². The summed E-state index contributed by atoms with van der Waals surface area (Å²) >= 11 is 3.38. The quantitative estimate of drug-likeness (QED) is 0.742. The number of carbonyl (C=O) groups excluding carboxylic acids is 2. The fourth-order valence-corrected chi connectivity index (χ4v) is 3.58. The molecule has 0 bridgehead atoms. The van der Waals surface area contributed by atoms with Crippen LogP contribution in [0.25, 0.3) is 0 Å². The molecule has 1 aliphatic rings. The molecule has 0 saturated carbocycles. The van der Waals surface area contributed by atoms with Crippen LogP contribution in [0.2, 0.25) is 0 Å². The molecule has 0 N–H and O–H groups in total. The number of benzene rings is 2. The van der Waals surface area contributed by atoms with Crippen LogP contribution in [0.15, 0.2) is 46.9 Å². The zero-order valence-corrected chi connectivity index (χ0v) is 17.0. The van der Waals surface area contributed by atoms with Gasteiger partial charge in [0, 0.05) is 29.2 Å². The van der Waals surface area contributed by atoms with Gasteiger partial charge in [-0.3, -0.25) is 9.59 Å². The zero-order valence-electron chi connectivity index (χ0n) is 15.4. The Balaban J connectivity index is 1.84. The van der Waals surface area contributed by atoms with Crippen LogP contribution in [0.3, 0.4) is 0 Å². The van der Waals surface area contributed by atoms with Gasteiger partial charge in [0.25, 0.3) is 5.91 Å². The molecule has 2 aromatic rings. The Morgan fingerprint density at radius 2 is 1.89 bits per heavy atom. The second-order valence-corrected chi connectivity index (χ2v) is 7.13. The average molecular weight is 433 g/mol. The monoisotopic (exact) mass is 432 g/mol. The van der Waals surface area contributed by atoms with Gasteiger partial charge in [0.2, 0.25) is 5.91 Å². The number of amides is 2. The number of methoxy groups -OCH3 is 2. The molecule has 1 heterocycles. The molecule has 1 atom stereocenters. The molecule has 6 nitrogen and oxygen atoms in total. The minimum absolute atomic E-state index is 0.145. The van der Waals surface area contributed by atoms with Gasteiger partial charge in [-0.05, 0) is 37.3 Å². The minimum atomic E-state index is -0.572. The summed E-state index contributed by atoms with van der Waals surface area (Å²) in [6, 6.07) is 11.9. The van der Waals surface area contributed by atoms with Crippen LogP contribution < -0.4 is 14.4 Å². The van der Waals surface area contributed by atoms with Crippen molar-refractivity contribution in [2.75, 3.05) is 32.2 Å². The van der Waals surface area contributed by atoms with E-state index in [2.05, 4.69) is 15.9 Å². The van der Waals surface area contributed by atoms with Crippen molar-refractivity contribution >= 4 is 33.4 Å². The highest BCUT2D eigenvalue weighted by Crippen LogP contribution is 2.34. The highest BCUT2D eigenvalue weighted by molar-refractivity contribution is 9.10. The maximum absolute atomic E-state index is 13.0. The highest BCUT2D eigenvalue weighted by Gasteiger charge is 2.36. The number of hydrogen-bond donors (Lipinski definition) is 0. The van der Waals surface area contributed by atoms with Gasteiger partial charge in [-0.2, -0.15) is 0 Å². The van der Waals surface area contributed by atoms with Crippen LogP contribution >= 0.6 is 15.9 Å². The lowest BCUT2D eigenvalue weighted by Crippen LogP contribution is -2.57. The summed E-state index contributed by atoms with van der Waals surface area (Å²) < 4.78 is 11.5. The fraction of sp³-hybridized carbons (Fsp3) is 0.300. The summed E-state index contributed by atoms with van der Waals surface area (Å²) in [5.41, 5.74) is 1.23. The predicted octanol–water partition coefficient (Wildman–Crippen LogP) is 3.34. The van der Waals surface area contributed by atoms with Crippen molar-refractivity contribution in [3.05, 3.63) is 52.5 Å². The lowest BCUT2D eigenvalue weighted by Gasteiger charge is -2.39. The molecule has 3 rings (SSSR count). The topological polar surface area (TPSA) is 59.1 Å². The largest absolute Gasteiger partial charge is 0.497 e. The van der Waals surface area contributed by atoms with Crippen LogP contribution in [0.5, 0.6) is 11.5 Å². The van der Waals surface area contributed by atoms with Crippen molar-refractivity contribution in [3.63, 3.8) is 0 Å². The molecule has 1 saturated heterocycles. The Morgan fingerprint density at radius 3 is 2.56 bits per heavy atom. The summed E-state index contributed by atoms with van der Waals surface area (Å²) in [7, 11) is 3.13. The maximum atomic E-state index is 13.0. The van der Waals surface area contributed by atoms with E-state index < -0.39 is 6.04 Å². The van der Waals surface area contributed by atoms with Crippen LogP contribution in [0.4, 0.5) is 5.69 Å². The summed E-state index contributed by atoms with van der Waals surface area (Å²) in [4.78, 5) is 29.1. The van der Waals surface area contributed by atoms with Gasteiger partial charge in [0.1, 0.15) is 17.5 Å². The Kier molecular flexibility index (Phi) is 5.70. The van der Waals surface area contributed by atoms with Crippen molar-refractivity contribution in [3.8, 4) is 11.5 Å². The SMILES string of the molecule is COc1ccc(N2CCN(C(=O)c3cccc(Br)c3)C(C)C2=O)c(OC)c1. The smallest absolute Gasteiger partial charge is 0.254 e. The zero-order chi connectivity index (χ0) is 19.6. The van der Waals surface area contributed by atoms with Crippen molar-refractivity contribution in [2.45, 2.75) is 13.0 Å². The van der Waals surface area contributed by atoms with Crippen LogP contribution in [-0.2, 0) is 4.79 Å². The van der Waals surface area contributed by atoms with Gasteiger partial charge in [0.05, 0.1) is 19.9 Å². The molecular weight excluding hydrogens is 412 g/mol. The number of piperazine rings is 1. The standard InChI is InChI=1S/C20H21BrN2O4/c1-13-19(24)23(17-8-7-16(26-2)12-18(17)27-3)10-9-22(13)20(25)14-5-4-6-15(21)11-14/h4-8,11-13H,9-10H2,1-3H3. The van der Waals surface area contributed by atoms with Gasteiger partial charge >= 0.3 is 0 Å². The van der Waals surface area contributed by atoms with Gasteiger partial charge < -0.3 is 19.3 Å². The van der Waals surface area contributed by atoms with Crippen LogP contribution in [0, 0.1) is 0 Å². The third-order valence-electron chi connectivity index (χ3n) is 4.67. The Morgan fingerprint density at radius 1 is 1.11 bits per heavy atom. The summed E-state index contributed by atoms with van der Waals surface area (Å²) in [5.74, 6) is 0.910. The molecule has 0 aromatic heterocycles. The molecule has 142 valence electrons. The molecule has 1 aliphatic heterocycles. The molecule has 1 unspecified atom stereocenters. The van der Waals surface area contributed by atoms with E-state index >= 15 is 0 Å². The first kappa shape index (κ1) is 19.2. The molecular formula is C20H21BrN2O4. The third kappa shape index (κ3) is 3.78. The number of hydrogen-bond acceptors (Lipinski definition) is 4. The van der Waals surface area contributed by atoms with Crippen LogP contribution in [-0.4, -0.2) is 50.1 Å². The number of carbonyl (C=O) groups is 2. The van der Waals surface area contributed by atoms with E-state index in [1.165, 1.54) is 0 Å². The average Bonchev–Trinajstić information content (AvgIpc) is 2.69. The Bertz CT molecular complexity index is 871.